The summed E-state index contributed by atoms with van der Waals surface area (Å²) >= 11 is 1.79. The molecule has 2 heterocycles. The molecule has 0 N–H and O–H groups in total. The Morgan fingerprint density at radius 3 is 2.31 bits per heavy atom. The number of hydrogen-bond acceptors (Lipinski definition) is 4. The predicted molar refractivity (Wildman–Crippen MR) is 111 cm³/mol. The van der Waals surface area contributed by atoms with Crippen molar-refractivity contribution >= 4 is 23.4 Å². The van der Waals surface area contributed by atoms with Crippen LogP contribution in [0, 0.1) is 5.92 Å². The Labute approximate surface area is 162 Å². The third-order valence-corrected chi connectivity index (χ3v) is 6.55. The molecule has 1 amide bonds. The summed E-state index contributed by atoms with van der Waals surface area (Å²) in [6.07, 6.45) is 6.17. The smallest absolute Gasteiger partial charge is 0.222 e. The first-order valence-electron chi connectivity index (χ1n) is 10.0. The van der Waals surface area contributed by atoms with Crippen molar-refractivity contribution in [3.8, 4) is 0 Å². The standard InChI is InChI=1S/C21H33N3OS/c1-18-9-12-24(13-10-18)21(25)4-3-11-22-14-16-23(17-15-22)19-5-7-20(26-2)8-6-19/h5-8,18H,3-4,9-17H2,1-2H3. The predicted octanol–water partition coefficient (Wildman–Crippen LogP) is 3.57. The summed E-state index contributed by atoms with van der Waals surface area (Å²) in [6, 6.07) is 8.89. The number of carbonyl (C=O) groups excluding carboxylic acids is 1. The number of benzene rings is 1. The third kappa shape index (κ3) is 5.40. The van der Waals surface area contributed by atoms with Crippen molar-refractivity contribution in [3.63, 3.8) is 0 Å². The molecule has 0 unspecified atom stereocenters. The van der Waals surface area contributed by atoms with Gasteiger partial charge in [0.25, 0.3) is 0 Å². The van der Waals surface area contributed by atoms with Gasteiger partial charge in [-0.25, -0.2) is 0 Å². The number of piperazine rings is 1. The molecule has 2 aliphatic rings. The quantitative estimate of drug-likeness (QED) is 0.710. The van der Waals surface area contributed by atoms with Crippen molar-refractivity contribution in [1.82, 2.24) is 9.80 Å². The highest BCUT2D eigenvalue weighted by Crippen LogP contribution is 2.22. The number of amides is 1. The zero-order valence-electron chi connectivity index (χ0n) is 16.3. The van der Waals surface area contributed by atoms with Gasteiger partial charge in [0.05, 0.1) is 0 Å². The van der Waals surface area contributed by atoms with Crippen molar-refractivity contribution in [2.24, 2.45) is 5.92 Å². The van der Waals surface area contributed by atoms with Gasteiger partial charge < -0.3 is 9.80 Å². The van der Waals surface area contributed by atoms with Crippen LogP contribution in [0.5, 0.6) is 0 Å². The second kappa shape index (κ2) is 9.65. The lowest BCUT2D eigenvalue weighted by Crippen LogP contribution is -2.46. The first kappa shape index (κ1) is 19.6. The summed E-state index contributed by atoms with van der Waals surface area (Å²) in [5, 5.41) is 0. The molecule has 3 rings (SSSR count). The Bertz CT molecular complexity index is 561. The van der Waals surface area contributed by atoms with Gasteiger partial charge in [-0.05, 0) is 62.2 Å². The molecule has 26 heavy (non-hydrogen) atoms. The minimum atomic E-state index is 0.365. The fraction of sp³-hybridized carbons (Fsp3) is 0.667. The van der Waals surface area contributed by atoms with Crippen LogP contribution in [0.3, 0.4) is 0 Å². The van der Waals surface area contributed by atoms with Crippen LogP contribution in [0.25, 0.3) is 0 Å². The lowest BCUT2D eigenvalue weighted by atomic mass is 9.99. The minimum absolute atomic E-state index is 0.365. The van der Waals surface area contributed by atoms with E-state index in [4.69, 9.17) is 0 Å². The highest BCUT2D eigenvalue weighted by Gasteiger charge is 2.21. The summed E-state index contributed by atoms with van der Waals surface area (Å²) in [4.78, 5) is 20.7. The number of likely N-dealkylation sites (tertiary alicyclic amines) is 1. The van der Waals surface area contributed by atoms with Crippen molar-refractivity contribution in [2.75, 3.05) is 57.0 Å². The van der Waals surface area contributed by atoms with E-state index in [2.05, 4.69) is 52.1 Å². The first-order chi connectivity index (χ1) is 12.7. The summed E-state index contributed by atoms with van der Waals surface area (Å²) in [7, 11) is 0. The molecule has 2 fully saturated rings. The van der Waals surface area contributed by atoms with Crippen LogP contribution >= 0.6 is 11.8 Å². The number of piperidine rings is 1. The zero-order chi connectivity index (χ0) is 18.4. The average molecular weight is 376 g/mol. The molecule has 144 valence electrons. The van der Waals surface area contributed by atoms with Crippen molar-refractivity contribution in [2.45, 2.75) is 37.5 Å². The molecule has 0 aromatic heterocycles. The molecule has 1 aromatic rings. The molecule has 0 saturated carbocycles. The number of nitrogens with zero attached hydrogens (tertiary/aromatic N) is 3. The van der Waals surface area contributed by atoms with Crippen LogP contribution in [0.15, 0.2) is 29.2 Å². The summed E-state index contributed by atoms with van der Waals surface area (Å²) in [5.41, 5.74) is 1.33. The van der Waals surface area contributed by atoms with Gasteiger partial charge in [-0.15, -0.1) is 11.8 Å². The Morgan fingerprint density at radius 2 is 1.69 bits per heavy atom. The average Bonchev–Trinajstić information content (AvgIpc) is 2.69. The van der Waals surface area contributed by atoms with Crippen LogP contribution < -0.4 is 4.90 Å². The van der Waals surface area contributed by atoms with E-state index in [9.17, 15) is 4.79 Å². The van der Waals surface area contributed by atoms with Gasteiger partial charge in [-0.3, -0.25) is 9.69 Å². The highest BCUT2D eigenvalue weighted by atomic mass is 32.2. The van der Waals surface area contributed by atoms with Gasteiger partial charge in [0.2, 0.25) is 5.91 Å². The van der Waals surface area contributed by atoms with Crippen LogP contribution in [0.2, 0.25) is 0 Å². The summed E-state index contributed by atoms with van der Waals surface area (Å²) in [6.45, 7) is 9.63. The van der Waals surface area contributed by atoms with E-state index >= 15 is 0 Å². The molecule has 5 heteroatoms. The summed E-state index contributed by atoms with van der Waals surface area (Å²) in [5.74, 6) is 1.15. The Morgan fingerprint density at radius 1 is 1.04 bits per heavy atom. The Kier molecular flexibility index (Phi) is 7.26. The monoisotopic (exact) mass is 375 g/mol. The van der Waals surface area contributed by atoms with E-state index in [1.807, 2.05) is 0 Å². The third-order valence-electron chi connectivity index (χ3n) is 5.81. The van der Waals surface area contributed by atoms with E-state index in [0.29, 0.717) is 12.3 Å². The maximum atomic E-state index is 12.3. The number of rotatable bonds is 6. The molecule has 0 spiro atoms. The molecule has 1 aromatic carbocycles. The summed E-state index contributed by atoms with van der Waals surface area (Å²) < 4.78 is 0. The lowest BCUT2D eigenvalue weighted by molar-refractivity contribution is -0.132. The van der Waals surface area contributed by atoms with Crippen LogP contribution in [0.4, 0.5) is 5.69 Å². The van der Waals surface area contributed by atoms with E-state index in [1.165, 1.54) is 23.4 Å². The molecule has 0 aliphatic carbocycles. The Hall–Kier alpha value is -1.20. The molecule has 2 aliphatic heterocycles. The van der Waals surface area contributed by atoms with E-state index in [1.54, 1.807) is 11.8 Å². The van der Waals surface area contributed by atoms with Gasteiger partial charge in [0, 0.05) is 56.3 Å². The van der Waals surface area contributed by atoms with Gasteiger partial charge in [-0.2, -0.15) is 0 Å². The van der Waals surface area contributed by atoms with Gasteiger partial charge >= 0.3 is 0 Å². The van der Waals surface area contributed by atoms with Crippen LogP contribution in [0.1, 0.15) is 32.6 Å². The molecular formula is C21H33N3OS. The maximum absolute atomic E-state index is 12.3. The number of anilines is 1. The minimum Gasteiger partial charge on any atom is -0.369 e. The number of carbonyl (C=O) groups is 1. The second-order valence-electron chi connectivity index (χ2n) is 7.69. The van der Waals surface area contributed by atoms with Crippen molar-refractivity contribution in [1.29, 1.82) is 0 Å². The number of thioether (sulfide) groups is 1. The molecular weight excluding hydrogens is 342 g/mol. The molecule has 4 nitrogen and oxygen atoms in total. The first-order valence-corrected chi connectivity index (χ1v) is 11.3. The van der Waals surface area contributed by atoms with Crippen LogP contribution in [-0.4, -0.2) is 67.8 Å². The SMILES string of the molecule is CSc1ccc(N2CCN(CCCC(=O)N3CCC(C)CC3)CC2)cc1. The molecule has 0 bridgehead atoms. The maximum Gasteiger partial charge on any atom is 0.222 e. The van der Waals surface area contributed by atoms with E-state index in [0.717, 1.165) is 58.2 Å². The fourth-order valence-corrected chi connectivity index (χ4v) is 4.30. The van der Waals surface area contributed by atoms with Crippen molar-refractivity contribution in [3.05, 3.63) is 24.3 Å². The topological polar surface area (TPSA) is 26.8 Å². The number of hydrogen-bond donors (Lipinski definition) is 0. The van der Waals surface area contributed by atoms with Crippen LogP contribution in [-0.2, 0) is 4.79 Å². The van der Waals surface area contributed by atoms with E-state index in [-0.39, 0.29) is 0 Å². The largest absolute Gasteiger partial charge is 0.369 e. The molecule has 0 atom stereocenters. The Balaban J connectivity index is 1.34. The second-order valence-corrected chi connectivity index (χ2v) is 8.57. The normalized spacial score (nSPS) is 19.8. The lowest BCUT2D eigenvalue weighted by Gasteiger charge is -2.36. The van der Waals surface area contributed by atoms with Gasteiger partial charge in [-0.1, -0.05) is 6.92 Å². The van der Waals surface area contributed by atoms with Gasteiger partial charge in [0.1, 0.15) is 0 Å². The molecule has 2 saturated heterocycles. The highest BCUT2D eigenvalue weighted by molar-refractivity contribution is 7.98. The fourth-order valence-electron chi connectivity index (χ4n) is 3.89. The molecule has 0 radical (unpaired) electrons. The van der Waals surface area contributed by atoms with Crippen molar-refractivity contribution < 1.29 is 4.79 Å². The zero-order valence-corrected chi connectivity index (χ0v) is 17.1. The van der Waals surface area contributed by atoms with Gasteiger partial charge in [0.15, 0.2) is 0 Å². The van der Waals surface area contributed by atoms with E-state index < -0.39 is 0 Å².